The Bertz CT molecular complexity index is 411. The van der Waals surface area contributed by atoms with Crippen LogP contribution in [0.1, 0.15) is 6.92 Å². The molecule has 0 aliphatic heterocycles. The van der Waals surface area contributed by atoms with Crippen LogP contribution in [0.4, 0.5) is 0 Å². The van der Waals surface area contributed by atoms with E-state index in [0.29, 0.717) is 0 Å². The van der Waals surface area contributed by atoms with Gasteiger partial charge in [-0.3, -0.25) is 4.79 Å². The van der Waals surface area contributed by atoms with Gasteiger partial charge in [0.2, 0.25) is 5.91 Å². The SMILES string of the molecule is C=CC(N)=O.CCOC(=O)C(C=CC(=O)O)=CN(C)C. The Morgan fingerprint density at radius 3 is 2.10 bits per heavy atom. The van der Waals surface area contributed by atoms with Gasteiger partial charge in [-0.1, -0.05) is 6.58 Å². The minimum Gasteiger partial charge on any atom is -0.478 e. The molecule has 0 heterocycles. The molecule has 0 aromatic carbocycles. The molecule has 0 aromatic rings. The lowest BCUT2D eigenvalue weighted by Crippen LogP contribution is -2.11. The number of esters is 1. The van der Waals surface area contributed by atoms with Gasteiger partial charge in [0.15, 0.2) is 0 Å². The second-order valence-electron chi connectivity index (χ2n) is 3.55. The Morgan fingerprint density at radius 2 is 1.80 bits per heavy atom. The number of carbonyl (C=O) groups excluding carboxylic acids is 2. The number of amides is 1. The predicted octanol–water partition coefficient (Wildman–Crippen LogP) is 0.294. The summed E-state index contributed by atoms with van der Waals surface area (Å²) in [5.41, 5.74) is 4.73. The first-order chi connectivity index (χ1) is 9.24. The van der Waals surface area contributed by atoms with Gasteiger partial charge in [-0.05, 0) is 19.1 Å². The summed E-state index contributed by atoms with van der Waals surface area (Å²) in [7, 11) is 3.46. The smallest absolute Gasteiger partial charge is 0.339 e. The molecule has 0 aliphatic rings. The molecular formula is C13H20N2O5. The quantitative estimate of drug-likeness (QED) is 0.412. The van der Waals surface area contributed by atoms with Gasteiger partial charge in [-0.15, -0.1) is 0 Å². The molecule has 0 aromatic heterocycles. The molecule has 20 heavy (non-hydrogen) atoms. The summed E-state index contributed by atoms with van der Waals surface area (Å²) >= 11 is 0. The third kappa shape index (κ3) is 13.5. The number of carbonyl (C=O) groups is 3. The van der Waals surface area contributed by atoms with Crippen molar-refractivity contribution in [3.63, 3.8) is 0 Å². The first-order valence-electron chi connectivity index (χ1n) is 5.62. The largest absolute Gasteiger partial charge is 0.478 e. The van der Waals surface area contributed by atoms with Crippen LogP contribution in [0, 0.1) is 0 Å². The highest BCUT2D eigenvalue weighted by atomic mass is 16.5. The zero-order valence-corrected chi connectivity index (χ0v) is 11.8. The topological polar surface area (TPSA) is 110 Å². The predicted molar refractivity (Wildman–Crippen MR) is 74.6 cm³/mol. The van der Waals surface area contributed by atoms with E-state index in [1.54, 1.807) is 25.9 Å². The molecule has 0 radical (unpaired) electrons. The van der Waals surface area contributed by atoms with Crippen LogP contribution in [0.3, 0.4) is 0 Å². The fourth-order valence-electron chi connectivity index (χ4n) is 0.817. The highest BCUT2D eigenvalue weighted by Gasteiger charge is 2.07. The van der Waals surface area contributed by atoms with Crippen LogP contribution in [-0.4, -0.2) is 48.6 Å². The average Bonchev–Trinajstić information content (AvgIpc) is 2.34. The fraction of sp³-hybridized carbons (Fsp3) is 0.308. The Hall–Kier alpha value is -2.57. The molecule has 0 bridgehead atoms. The van der Waals surface area contributed by atoms with E-state index in [0.717, 1.165) is 12.2 Å². The zero-order chi connectivity index (χ0) is 16.1. The maximum atomic E-state index is 11.3. The number of hydrogen-bond acceptors (Lipinski definition) is 5. The number of rotatable bonds is 6. The number of aliphatic carboxylic acids is 1. The van der Waals surface area contributed by atoms with E-state index in [1.807, 2.05) is 0 Å². The number of carboxylic acids is 1. The van der Waals surface area contributed by atoms with E-state index in [1.165, 1.54) is 12.3 Å². The van der Waals surface area contributed by atoms with Crippen LogP contribution in [0.2, 0.25) is 0 Å². The van der Waals surface area contributed by atoms with E-state index in [2.05, 4.69) is 12.3 Å². The lowest BCUT2D eigenvalue weighted by atomic mass is 10.2. The molecule has 0 unspecified atom stereocenters. The van der Waals surface area contributed by atoms with Crippen molar-refractivity contribution in [1.82, 2.24) is 4.90 Å². The van der Waals surface area contributed by atoms with Crippen molar-refractivity contribution >= 4 is 17.8 Å². The Labute approximate surface area is 118 Å². The third-order valence-electron chi connectivity index (χ3n) is 1.52. The molecule has 0 saturated heterocycles. The van der Waals surface area contributed by atoms with Crippen LogP contribution < -0.4 is 5.73 Å². The van der Waals surface area contributed by atoms with Crippen molar-refractivity contribution in [3.05, 3.63) is 36.6 Å². The molecule has 112 valence electrons. The second kappa shape index (κ2) is 11.5. The van der Waals surface area contributed by atoms with Gasteiger partial charge in [0.25, 0.3) is 0 Å². The van der Waals surface area contributed by atoms with Crippen molar-refractivity contribution in [2.24, 2.45) is 5.73 Å². The minimum atomic E-state index is -1.11. The zero-order valence-electron chi connectivity index (χ0n) is 11.8. The summed E-state index contributed by atoms with van der Waals surface area (Å²) in [5, 5.41) is 8.43. The Balaban J connectivity index is 0. The molecule has 7 nitrogen and oxygen atoms in total. The van der Waals surface area contributed by atoms with E-state index in [9.17, 15) is 14.4 Å². The van der Waals surface area contributed by atoms with E-state index < -0.39 is 17.8 Å². The van der Waals surface area contributed by atoms with Gasteiger partial charge in [-0.25, -0.2) is 9.59 Å². The molecule has 0 atom stereocenters. The van der Waals surface area contributed by atoms with Crippen LogP contribution in [0.15, 0.2) is 36.6 Å². The summed E-state index contributed by atoms with van der Waals surface area (Å²) in [4.78, 5) is 32.7. The highest BCUT2D eigenvalue weighted by molar-refractivity contribution is 5.93. The number of ether oxygens (including phenoxy) is 1. The fourth-order valence-corrected chi connectivity index (χ4v) is 0.817. The number of carboxylic acid groups (broad SMARTS) is 1. The summed E-state index contributed by atoms with van der Waals surface area (Å²) in [5.74, 6) is -2.13. The number of nitrogens with zero attached hydrogens (tertiary/aromatic N) is 1. The highest BCUT2D eigenvalue weighted by Crippen LogP contribution is 2.01. The van der Waals surface area contributed by atoms with Gasteiger partial charge < -0.3 is 20.5 Å². The third-order valence-corrected chi connectivity index (χ3v) is 1.52. The van der Waals surface area contributed by atoms with E-state index in [-0.39, 0.29) is 12.2 Å². The standard InChI is InChI=1S/C10H15NO4.C3H5NO/c1-4-15-10(14)8(7-11(2)3)5-6-9(12)13;1-2-3(4)5/h5-7H,4H2,1-3H3,(H,12,13);2H,1H2,(H2,4,5). The van der Waals surface area contributed by atoms with Crippen molar-refractivity contribution in [2.45, 2.75) is 6.92 Å². The Morgan fingerprint density at radius 1 is 1.30 bits per heavy atom. The molecule has 0 spiro atoms. The molecular weight excluding hydrogens is 264 g/mol. The van der Waals surface area contributed by atoms with Crippen LogP contribution in [-0.2, 0) is 19.1 Å². The van der Waals surface area contributed by atoms with Gasteiger partial charge in [0.05, 0.1) is 12.2 Å². The van der Waals surface area contributed by atoms with Gasteiger partial charge >= 0.3 is 11.9 Å². The first kappa shape index (κ1) is 19.8. The molecule has 3 N–H and O–H groups in total. The van der Waals surface area contributed by atoms with Crippen molar-refractivity contribution < 1.29 is 24.2 Å². The van der Waals surface area contributed by atoms with Crippen molar-refractivity contribution in [1.29, 1.82) is 0 Å². The summed E-state index contributed by atoms with van der Waals surface area (Å²) in [6.45, 7) is 5.03. The summed E-state index contributed by atoms with van der Waals surface area (Å²) in [6, 6.07) is 0. The van der Waals surface area contributed by atoms with Gasteiger partial charge in [-0.2, -0.15) is 0 Å². The first-order valence-corrected chi connectivity index (χ1v) is 5.62. The van der Waals surface area contributed by atoms with Crippen LogP contribution >= 0.6 is 0 Å². The lowest BCUT2D eigenvalue weighted by Gasteiger charge is -2.07. The average molecular weight is 284 g/mol. The minimum absolute atomic E-state index is 0.198. The van der Waals surface area contributed by atoms with E-state index in [4.69, 9.17) is 9.84 Å². The molecule has 1 amide bonds. The summed E-state index contributed by atoms with van der Waals surface area (Å²) < 4.78 is 4.76. The van der Waals surface area contributed by atoms with Crippen LogP contribution in [0.25, 0.3) is 0 Å². The maximum absolute atomic E-state index is 11.3. The molecule has 0 aliphatic carbocycles. The number of primary amides is 1. The van der Waals surface area contributed by atoms with Crippen molar-refractivity contribution in [2.75, 3.05) is 20.7 Å². The number of hydrogen-bond donors (Lipinski definition) is 2. The second-order valence-corrected chi connectivity index (χ2v) is 3.55. The maximum Gasteiger partial charge on any atom is 0.339 e. The lowest BCUT2D eigenvalue weighted by molar-refractivity contribution is -0.138. The van der Waals surface area contributed by atoms with E-state index >= 15 is 0 Å². The monoisotopic (exact) mass is 284 g/mol. The van der Waals surface area contributed by atoms with Crippen LogP contribution in [0.5, 0.6) is 0 Å². The number of nitrogens with two attached hydrogens (primary N) is 1. The molecule has 0 saturated carbocycles. The Kier molecular flexibility index (Phi) is 11.4. The summed E-state index contributed by atoms with van der Waals surface area (Å²) in [6.07, 6.45) is 4.66. The molecule has 7 heteroatoms. The normalized spacial score (nSPS) is 10.2. The molecule has 0 rings (SSSR count). The van der Waals surface area contributed by atoms with Gasteiger partial charge in [0, 0.05) is 26.4 Å². The molecule has 0 fully saturated rings. The van der Waals surface area contributed by atoms with Gasteiger partial charge in [0.1, 0.15) is 0 Å². The van der Waals surface area contributed by atoms with Crippen molar-refractivity contribution in [3.8, 4) is 0 Å².